The van der Waals surface area contributed by atoms with Gasteiger partial charge in [0.15, 0.2) is 0 Å². The summed E-state index contributed by atoms with van der Waals surface area (Å²) in [5.74, 6) is 0.864. The van der Waals surface area contributed by atoms with Crippen LogP contribution in [-0.4, -0.2) is 10.1 Å². The Labute approximate surface area is 98.2 Å². The van der Waals surface area contributed by atoms with Gasteiger partial charge in [-0.3, -0.25) is 4.98 Å². The Bertz CT molecular complexity index is 560. The van der Waals surface area contributed by atoms with E-state index in [0.29, 0.717) is 12.3 Å². The van der Waals surface area contributed by atoms with Gasteiger partial charge in [-0.2, -0.15) is 0 Å². The van der Waals surface area contributed by atoms with Crippen molar-refractivity contribution < 1.29 is 14.3 Å². The first-order chi connectivity index (χ1) is 8.31. The summed E-state index contributed by atoms with van der Waals surface area (Å²) in [5.41, 5.74) is 2.09. The minimum absolute atomic E-state index is 0.145. The predicted octanol–water partition coefficient (Wildman–Crippen LogP) is 2.64. The summed E-state index contributed by atoms with van der Waals surface area (Å²) >= 11 is 0. The van der Waals surface area contributed by atoms with Gasteiger partial charge in [-0.15, -0.1) is 0 Å². The SMILES string of the molecule is C=Cc1ncc2c(c1O)COC2c1ccco1. The number of hydrogen-bond donors (Lipinski definition) is 1. The Balaban J connectivity index is 2.10. The average molecular weight is 229 g/mol. The lowest BCUT2D eigenvalue weighted by molar-refractivity contribution is 0.0779. The Morgan fingerprint density at radius 1 is 1.53 bits per heavy atom. The van der Waals surface area contributed by atoms with E-state index in [1.54, 1.807) is 12.5 Å². The maximum Gasteiger partial charge on any atom is 0.147 e. The van der Waals surface area contributed by atoms with E-state index in [0.717, 1.165) is 16.9 Å². The molecule has 2 aromatic rings. The van der Waals surface area contributed by atoms with E-state index in [9.17, 15) is 5.11 Å². The van der Waals surface area contributed by atoms with Crippen LogP contribution in [-0.2, 0) is 11.3 Å². The molecular formula is C13H11NO3. The quantitative estimate of drug-likeness (QED) is 0.860. The highest BCUT2D eigenvalue weighted by atomic mass is 16.5. The van der Waals surface area contributed by atoms with Crippen molar-refractivity contribution in [3.63, 3.8) is 0 Å². The molecule has 1 aliphatic heterocycles. The zero-order chi connectivity index (χ0) is 11.8. The lowest BCUT2D eigenvalue weighted by Crippen LogP contribution is -1.97. The molecule has 4 nitrogen and oxygen atoms in total. The molecule has 3 rings (SSSR count). The minimum atomic E-state index is -0.280. The van der Waals surface area contributed by atoms with Crippen molar-refractivity contribution in [3.05, 3.63) is 53.8 Å². The van der Waals surface area contributed by atoms with Crippen LogP contribution < -0.4 is 0 Å². The van der Waals surface area contributed by atoms with Crippen molar-refractivity contribution in [2.24, 2.45) is 0 Å². The van der Waals surface area contributed by atoms with Gasteiger partial charge in [0, 0.05) is 17.3 Å². The lowest BCUT2D eigenvalue weighted by atomic mass is 10.0. The largest absolute Gasteiger partial charge is 0.505 e. The smallest absolute Gasteiger partial charge is 0.147 e. The van der Waals surface area contributed by atoms with Crippen LogP contribution in [0, 0.1) is 0 Å². The van der Waals surface area contributed by atoms with Gasteiger partial charge in [-0.1, -0.05) is 6.58 Å². The number of nitrogens with zero attached hydrogens (tertiary/aromatic N) is 1. The van der Waals surface area contributed by atoms with Crippen molar-refractivity contribution in [3.8, 4) is 5.75 Å². The molecule has 1 unspecified atom stereocenters. The molecule has 17 heavy (non-hydrogen) atoms. The molecular weight excluding hydrogens is 218 g/mol. The van der Waals surface area contributed by atoms with Crippen molar-refractivity contribution in [1.82, 2.24) is 4.98 Å². The number of pyridine rings is 1. The molecule has 2 aromatic heterocycles. The zero-order valence-corrected chi connectivity index (χ0v) is 9.09. The number of fused-ring (bicyclic) bond motifs is 1. The monoisotopic (exact) mass is 229 g/mol. The molecule has 1 aliphatic rings. The Morgan fingerprint density at radius 3 is 3.12 bits per heavy atom. The van der Waals surface area contributed by atoms with Crippen molar-refractivity contribution in [2.75, 3.05) is 0 Å². The zero-order valence-electron chi connectivity index (χ0n) is 9.09. The van der Waals surface area contributed by atoms with Crippen LogP contribution in [0.25, 0.3) is 6.08 Å². The van der Waals surface area contributed by atoms with E-state index in [-0.39, 0.29) is 11.9 Å². The van der Waals surface area contributed by atoms with Crippen molar-refractivity contribution >= 4 is 6.08 Å². The van der Waals surface area contributed by atoms with Crippen molar-refractivity contribution in [1.29, 1.82) is 0 Å². The van der Waals surface area contributed by atoms with Crippen LogP contribution in [0.3, 0.4) is 0 Å². The van der Waals surface area contributed by atoms with Crippen LogP contribution in [0.15, 0.2) is 35.6 Å². The normalized spacial score (nSPS) is 18.0. The molecule has 0 aliphatic carbocycles. The molecule has 0 amide bonds. The fourth-order valence-electron chi connectivity index (χ4n) is 2.03. The van der Waals surface area contributed by atoms with Crippen LogP contribution in [0.4, 0.5) is 0 Å². The summed E-state index contributed by atoms with van der Waals surface area (Å²) in [6.45, 7) is 3.96. The topological polar surface area (TPSA) is 55.5 Å². The first-order valence-electron chi connectivity index (χ1n) is 5.29. The summed E-state index contributed by atoms with van der Waals surface area (Å²) < 4.78 is 10.9. The minimum Gasteiger partial charge on any atom is -0.505 e. The van der Waals surface area contributed by atoms with E-state index in [2.05, 4.69) is 11.6 Å². The van der Waals surface area contributed by atoms with Gasteiger partial charge in [0.1, 0.15) is 23.3 Å². The number of rotatable bonds is 2. The van der Waals surface area contributed by atoms with E-state index in [1.807, 2.05) is 12.1 Å². The van der Waals surface area contributed by atoms with Gasteiger partial charge in [0.25, 0.3) is 0 Å². The van der Waals surface area contributed by atoms with Gasteiger partial charge in [0.05, 0.1) is 12.9 Å². The third kappa shape index (κ3) is 1.45. The number of aromatic nitrogens is 1. The molecule has 1 atom stereocenters. The fourth-order valence-corrected chi connectivity index (χ4v) is 2.03. The second-order valence-corrected chi connectivity index (χ2v) is 3.84. The number of hydrogen-bond acceptors (Lipinski definition) is 4. The molecule has 0 bridgehead atoms. The Kier molecular flexibility index (Phi) is 2.23. The summed E-state index contributed by atoms with van der Waals surface area (Å²) in [5, 5.41) is 9.98. The molecule has 0 spiro atoms. The molecule has 1 N–H and O–H groups in total. The van der Waals surface area contributed by atoms with Gasteiger partial charge < -0.3 is 14.3 Å². The molecule has 0 saturated heterocycles. The highest BCUT2D eigenvalue weighted by Gasteiger charge is 2.30. The van der Waals surface area contributed by atoms with E-state index in [4.69, 9.17) is 9.15 Å². The highest BCUT2D eigenvalue weighted by molar-refractivity contribution is 5.56. The van der Waals surface area contributed by atoms with Gasteiger partial charge in [-0.05, 0) is 18.2 Å². The highest BCUT2D eigenvalue weighted by Crippen LogP contribution is 2.40. The average Bonchev–Trinajstić information content (AvgIpc) is 2.97. The second-order valence-electron chi connectivity index (χ2n) is 3.84. The number of furan rings is 1. The maximum absolute atomic E-state index is 9.98. The maximum atomic E-state index is 9.98. The molecule has 0 saturated carbocycles. The standard InChI is InChI=1S/C13H11NO3/c1-2-10-12(15)9-7-17-13(8(9)6-14-10)11-4-3-5-16-11/h2-6,13,15H,1,7H2. The van der Waals surface area contributed by atoms with Crippen LogP contribution >= 0.6 is 0 Å². The summed E-state index contributed by atoms with van der Waals surface area (Å²) in [6, 6.07) is 3.65. The van der Waals surface area contributed by atoms with Gasteiger partial charge in [-0.25, -0.2) is 0 Å². The fraction of sp³-hybridized carbons (Fsp3) is 0.154. The Morgan fingerprint density at radius 2 is 2.41 bits per heavy atom. The van der Waals surface area contributed by atoms with E-state index in [1.165, 1.54) is 6.08 Å². The third-order valence-electron chi connectivity index (χ3n) is 2.89. The van der Waals surface area contributed by atoms with Crippen molar-refractivity contribution in [2.45, 2.75) is 12.7 Å². The molecule has 0 fully saturated rings. The summed E-state index contributed by atoms with van der Waals surface area (Å²) in [7, 11) is 0. The summed E-state index contributed by atoms with van der Waals surface area (Å²) in [4.78, 5) is 4.14. The molecule has 0 aromatic carbocycles. The van der Waals surface area contributed by atoms with Gasteiger partial charge in [0.2, 0.25) is 0 Å². The Hall–Kier alpha value is -2.07. The number of aromatic hydroxyl groups is 1. The van der Waals surface area contributed by atoms with Crippen LogP contribution in [0.2, 0.25) is 0 Å². The van der Waals surface area contributed by atoms with E-state index < -0.39 is 0 Å². The number of ether oxygens (including phenoxy) is 1. The molecule has 3 heterocycles. The first-order valence-corrected chi connectivity index (χ1v) is 5.29. The molecule has 86 valence electrons. The third-order valence-corrected chi connectivity index (χ3v) is 2.89. The molecule has 4 heteroatoms. The lowest BCUT2D eigenvalue weighted by Gasteiger charge is -2.08. The summed E-state index contributed by atoms with van der Waals surface area (Å²) in [6.07, 6.45) is 4.54. The van der Waals surface area contributed by atoms with Gasteiger partial charge >= 0.3 is 0 Å². The van der Waals surface area contributed by atoms with Crippen LogP contribution in [0.5, 0.6) is 5.75 Å². The first kappa shape index (κ1) is 10.1. The predicted molar refractivity (Wildman–Crippen MR) is 61.3 cm³/mol. The molecule has 0 radical (unpaired) electrons. The van der Waals surface area contributed by atoms with E-state index >= 15 is 0 Å². The second kappa shape index (κ2) is 3.75. The van der Waals surface area contributed by atoms with Crippen LogP contribution in [0.1, 0.15) is 28.7 Å².